The highest BCUT2D eigenvalue weighted by Gasteiger charge is 2.24. The number of hydrogen-bond acceptors (Lipinski definition) is 4. The zero-order valence-electron chi connectivity index (χ0n) is 10.9. The second-order valence-electron chi connectivity index (χ2n) is 4.73. The monoisotopic (exact) mass is 230 g/mol. The van der Waals surface area contributed by atoms with E-state index in [1.54, 1.807) is 0 Å². The van der Waals surface area contributed by atoms with Crippen molar-refractivity contribution in [3.8, 4) is 0 Å². The average Bonchev–Trinajstić information content (AvgIpc) is 2.31. The molecular formula is C12H30N4. The summed E-state index contributed by atoms with van der Waals surface area (Å²) in [6.07, 6.45) is 4.78. The van der Waals surface area contributed by atoms with Gasteiger partial charge < -0.3 is 22.9 Å². The Morgan fingerprint density at radius 2 is 1.56 bits per heavy atom. The van der Waals surface area contributed by atoms with E-state index in [0.29, 0.717) is 12.5 Å². The third-order valence-corrected chi connectivity index (χ3v) is 3.41. The minimum Gasteiger partial charge on any atom is -0.330 e. The topological polar surface area (TPSA) is 104 Å². The van der Waals surface area contributed by atoms with Crippen LogP contribution in [0.1, 0.15) is 46.0 Å². The standard InChI is InChI=1S/C12H30N4/c1-3-9(14)8-10(11(15)4-2)12(16)6-5-7-13/h9-12H,3-8,13-16H2,1-2H3. The lowest BCUT2D eigenvalue weighted by atomic mass is 9.83. The van der Waals surface area contributed by atoms with Gasteiger partial charge in [0, 0.05) is 18.1 Å². The largest absolute Gasteiger partial charge is 0.330 e. The van der Waals surface area contributed by atoms with Gasteiger partial charge in [0.15, 0.2) is 0 Å². The van der Waals surface area contributed by atoms with Crippen molar-refractivity contribution in [2.45, 2.75) is 64.1 Å². The van der Waals surface area contributed by atoms with Crippen LogP contribution in [0.4, 0.5) is 0 Å². The first kappa shape index (κ1) is 15.8. The van der Waals surface area contributed by atoms with Crippen LogP contribution in [-0.2, 0) is 0 Å². The van der Waals surface area contributed by atoms with E-state index in [9.17, 15) is 0 Å². The molecule has 0 aromatic heterocycles. The van der Waals surface area contributed by atoms with Crippen molar-refractivity contribution in [1.29, 1.82) is 0 Å². The van der Waals surface area contributed by atoms with Crippen LogP contribution in [-0.4, -0.2) is 24.7 Å². The molecule has 0 aromatic rings. The van der Waals surface area contributed by atoms with Gasteiger partial charge in [-0.05, 0) is 44.6 Å². The first-order valence-electron chi connectivity index (χ1n) is 6.53. The fourth-order valence-corrected chi connectivity index (χ4v) is 2.05. The van der Waals surface area contributed by atoms with Crippen LogP contribution in [0.15, 0.2) is 0 Å². The minimum atomic E-state index is 0.135. The molecule has 0 spiro atoms. The molecule has 4 atom stereocenters. The summed E-state index contributed by atoms with van der Waals surface area (Å²) in [5, 5.41) is 0. The first-order valence-corrected chi connectivity index (χ1v) is 6.53. The van der Waals surface area contributed by atoms with Crippen LogP contribution in [0.5, 0.6) is 0 Å². The quantitative estimate of drug-likeness (QED) is 0.464. The number of nitrogens with two attached hydrogens (primary N) is 4. The van der Waals surface area contributed by atoms with Gasteiger partial charge in [-0.3, -0.25) is 0 Å². The molecule has 4 unspecified atom stereocenters. The van der Waals surface area contributed by atoms with E-state index in [1.807, 2.05) is 0 Å². The van der Waals surface area contributed by atoms with Crippen LogP contribution < -0.4 is 22.9 Å². The van der Waals surface area contributed by atoms with E-state index < -0.39 is 0 Å². The van der Waals surface area contributed by atoms with E-state index in [4.69, 9.17) is 22.9 Å². The fraction of sp³-hybridized carbons (Fsp3) is 1.00. The Morgan fingerprint density at radius 3 is 2.00 bits per heavy atom. The molecule has 0 saturated carbocycles. The van der Waals surface area contributed by atoms with Crippen LogP contribution >= 0.6 is 0 Å². The second kappa shape index (κ2) is 8.93. The molecule has 8 N–H and O–H groups in total. The molecule has 0 heterocycles. The summed E-state index contributed by atoms with van der Waals surface area (Å²) in [4.78, 5) is 0. The lowest BCUT2D eigenvalue weighted by Gasteiger charge is -2.30. The molecule has 4 nitrogen and oxygen atoms in total. The predicted molar refractivity (Wildman–Crippen MR) is 70.9 cm³/mol. The Labute approximate surface area is 100 Å². The molecule has 0 aliphatic rings. The molecule has 0 amide bonds. The molecule has 4 heteroatoms. The third kappa shape index (κ3) is 5.80. The number of hydrogen-bond donors (Lipinski definition) is 4. The molecule has 0 rings (SSSR count). The van der Waals surface area contributed by atoms with Crippen molar-refractivity contribution in [3.05, 3.63) is 0 Å². The summed E-state index contributed by atoms with van der Waals surface area (Å²) in [7, 11) is 0. The number of rotatable bonds is 9. The predicted octanol–water partition coefficient (Wildman–Crippen LogP) is 0.534. The Kier molecular flexibility index (Phi) is 8.84. The normalized spacial score (nSPS) is 19.1. The zero-order chi connectivity index (χ0) is 12.6. The van der Waals surface area contributed by atoms with Gasteiger partial charge in [0.25, 0.3) is 0 Å². The van der Waals surface area contributed by atoms with E-state index >= 15 is 0 Å². The van der Waals surface area contributed by atoms with Crippen LogP contribution in [0, 0.1) is 5.92 Å². The molecule has 0 fully saturated rings. The Hall–Kier alpha value is -0.160. The first-order chi connectivity index (χ1) is 7.56. The fourth-order valence-electron chi connectivity index (χ4n) is 2.05. The maximum absolute atomic E-state index is 6.19. The van der Waals surface area contributed by atoms with Gasteiger partial charge in [-0.15, -0.1) is 0 Å². The molecule has 0 saturated heterocycles. The Morgan fingerprint density at radius 1 is 0.938 bits per heavy atom. The van der Waals surface area contributed by atoms with Gasteiger partial charge in [-0.2, -0.15) is 0 Å². The van der Waals surface area contributed by atoms with E-state index in [2.05, 4.69) is 13.8 Å². The molecule has 0 bridgehead atoms. The highest BCUT2D eigenvalue weighted by molar-refractivity contribution is 4.84. The van der Waals surface area contributed by atoms with Crippen LogP contribution in [0.3, 0.4) is 0 Å². The van der Waals surface area contributed by atoms with Gasteiger partial charge >= 0.3 is 0 Å². The summed E-state index contributed by atoms with van der Waals surface area (Å²) >= 11 is 0. The van der Waals surface area contributed by atoms with Gasteiger partial charge in [-0.1, -0.05) is 13.8 Å². The molecule has 0 radical (unpaired) electrons. The van der Waals surface area contributed by atoms with Crippen molar-refractivity contribution in [1.82, 2.24) is 0 Å². The lowest BCUT2D eigenvalue weighted by molar-refractivity contribution is 0.285. The van der Waals surface area contributed by atoms with Gasteiger partial charge in [0.05, 0.1) is 0 Å². The molecular weight excluding hydrogens is 200 g/mol. The van der Waals surface area contributed by atoms with Crippen molar-refractivity contribution in [3.63, 3.8) is 0 Å². The lowest BCUT2D eigenvalue weighted by Crippen LogP contribution is -2.45. The summed E-state index contributed by atoms with van der Waals surface area (Å²) in [6.45, 7) is 4.90. The Bertz CT molecular complexity index is 163. The Balaban J connectivity index is 4.28. The molecule has 0 aromatic carbocycles. The molecule has 16 heavy (non-hydrogen) atoms. The van der Waals surface area contributed by atoms with E-state index in [0.717, 1.165) is 32.1 Å². The molecule has 98 valence electrons. The van der Waals surface area contributed by atoms with Gasteiger partial charge in [-0.25, -0.2) is 0 Å². The second-order valence-corrected chi connectivity index (χ2v) is 4.73. The maximum Gasteiger partial charge on any atom is 0.00829 e. The van der Waals surface area contributed by atoms with E-state index in [-0.39, 0.29) is 18.1 Å². The summed E-state index contributed by atoms with van der Waals surface area (Å²) < 4.78 is 0. The summed E-state index contributed by atoms with van der Waals surface area (Å²) in [5.41, 5.74) is 23.8. The smallest absolute Gasteiger partial charge is 0.00829 e. The summed E-state index contributed by atoms with van der Waals surface area (Å²) in [5.74, 6) is 0.325. The van der Waals surface area contributed by atoms with Crippen molar-refractivity contribution < 1.29 is 0 Å². The van der Waals surface area contributed by atoms with Crippen LogP contribution in [0.25, 0.3) is 0 Å². The van der Waals surface area contributed by atoms with Crippen LogP contribution in [0.2, 0.25) is 0 Å². The van der Waals surface area contributed by atoms with Crippen molar-refractivity contribution >= 4 is 0 Å². The maximum atomic E-state index is 6.19. The van der Waals surface area contributed by atoms with Crippen molar-refractivity contribution in [2.24, 2.45) is 28.9 Å². The highest BCUT2D eigenvalue weighted by atomic mass is 14.8. The van der Waals surface area contributed by atoms with Crippen molar-refractivity contribution in [2.75, 3.05) is 6.54 Å². The SMILES string of the molecule is CCC(N)CC(C(N)CC)C(N)CCCN. The summed E-state index contributed by atoms with van der Waals surface area (Å²) in [6, 6.07) is 0.507. The van der Waals surface area contributed by atoms with E-state index in [1.165, 1.54) is 0 Å². The third-order valence-electron chi connectivity index (χ3n) is 3.41. The minimum absolute atomic E-state index is 0.135. The average molecular weight is 230 g/mol. The molecule has 0 aliphatic heterocycles. The van der Waals surface area contributed by atoms with Gasteiger partial charge in [0.2, 0.25) is 0 Å². The molecule has 0 aliphatic carbocycles. The zero-order valence-corrected chi connectivity index (χ0v) is 10.9. The highest BCUT2D eigenvalue weighted by Crippen LogP contribution is 2.19. The van der Waals surface area contributed by atoms with Gasteiger partial charge in [0.1, 0.15) is 0 Å².